The Morgan fingerprint density at radius 1 is 1.30 bits per heavy atom. The van der Waals surface area contributed by atoms with E-state index in [9.17, 15) is 9.59 Å². The van der Waals surface area contributed by atoms with Gasteiger partial charge in [-0.25, -0.2) is 4.79 Å². The van der Waals surface area contributed by atoms with E-state index in [1.165, 1.54) is 6.92 Å². The number of ketones is 1. The van der Waals surface area contributed by atoms with Crippen LogP contribution in [0.5, 0.6) is 5.75 Å². The highest BCUT2D eigenvalue weighted by molar-refractivity contribution is 5.95. The Bertz CT molecular complexity index is 507. The predicted octanol–water partition coefficient (Wildman–Crippen LogP) is 2.34. The lowest BCUT2D eigenvalue weighted by atomic mass is 10.1. The summed E-state index contributed by atoms with van der Waals surface area (Å²) in [5.41, 5.74) is 6.64. The first-order valence-electron chi connectivity index (χ1n) is 6.79. The Kier molecular flexibility index (Phi) is 4.61. The van der Waals surface area contributed by atoms with Gasteiger partial charge in [-0.3, -0.25) is 4.79 Å². The zero-order chi connectivity index (χ0) is 14.5. The molecule has 0 amide bonds. The summed E-state index contributed by atoms with van der Waals surface area (Å²) in [6.07, 6.45) is 4.11. The van der Waals surface area contributed by atoms with Crippen molar-refractivity contribution in [1.82, 2.24) is 0 Å². The minimum absolute atomic E-state index is 0.0311. The molecule has 1 aliphatic carbocycles. The van der Waals surface area contributed by atoms with Gasteiger partial charge in [0.25, 0.3) is 0 Å². The van der Waals surface area contributed by atoms with Gasteiger partial charge in [-0.05, 0) is 50.8 Å². The van der Waals surface area contributed by atoms with Gasteiger partial charge < -0.3 is 15.2 Å². The smallest absolute Gasteiger partial charge is 0.344 e. The number of ether oxygens (including phenoxy) is 2. The van der Waals surface area contributed by atoms with Gasteiger partial charge in [-0.15, -0.1) is 0 Å². The second-order valence-electron chi connectivity index (χ2n) is 4.99. The Hall–Kier alpha value is -2.04. The van der Waals surface area contributed by atoms with Crippen LogP contribution in [-0.4, -0.2) is 24.5 Å². The molecule has 0 unspecified atom stereocenters. The van der Waals surface area contributed by atoms with E-state index in [4.69, 9.17) is 15.2 Å². The number of Topliss-reactive ketones (excluding diaryl/α,β-unsaturated/α-hetero) is 1. The molecule has 0 spiro atoms. The maximum absolute atomic E-state index is 11.6. The molecular formula is C15H19NO4. The first-order valence-corrected chi connectivity index (χ1v) is 6.79. The van der Waals surface area contributed by atoms with Crippen LogP contribution in [0.3, 0.4) is 0 Å². The normalized spacial score (nSPS) is 15.1. The highest BCUT2D eigenvalue weighted by atomic mass is 16.6. The molecule has 20 heavy (non-hydrogen) atoms. The van der Waals surface area contributed by atoms with E-state index in [1.807, 2.05) is 0 Å². The first kappa shape index (κ1) is 14.4. The Balaban J connectivity index is 1.86. The molecule has 108 valence electrons. The SMILES string of the molecule is CC(=O)c1ccc(OCC(=O)OC2CCCC2)c(N)c1. The average molecular weight is 277 g/mol. The molecule has 5 nitrogen and oxygen atoms in total. The summed E-state index contributed by atoms with van der Waals surface area (Å²) in [6.45, 7) is 1.30. The van der Waals surface area contributed by atoms with E-state index in [0.29, 0.717) is 17.0 Å². The predicted molar refractivity (Wildman–Crippen MR) is 74.7 cm³/mol. The zero-order valence-electron chi connectivity index (χ0n) is 11.6. The van der Waals surface area contributed by atoms with Crippen LogP contribution in [-0.2, 0) is 9.53 Å². The fourth-order valence-corrected chi connectivity index (χ4v) is 2.26. The van der Waals surface area contributed by atoms with Crippen molar-refractivity contribution in [3.05, 3.63) is 23.8 Å². The van der Waals surface area contributed by atoms with E-state index in [1.54, 1.807) is 18.2 Å². The van der Waals surface area contributed by atoms with Crippen molar-refractivity contribution >= 4 is 17.4 Å². The Morgan fingerprint density at radius 2 is 2.00 bits per heavy atom. The van der Waals surface area contributed by atoms with Gasteiger partial charge in [0.15, 0.2) is 12.4 Å². The number of rotatable bonds is 5. The van der Waals surface area contributed by atoms with Crippen LogP contribution in [0.4, 0.5) is 5.69 Å². The number of carbonyl (C=O) groups excluding carboxylic acids is 2. The highest BCUT2D eigenvalue weighted by Crippen LogP contribution is 2.24. The van der Waals surface area contributed by atoms with Crippen molar-refractivity contribution in [1.29, 1.82) is 0 Å². The lowest BCUT2D eigenvalue weighted by molar-refractivity contribution is -0.151. The number of benzene rings is 1. The lowest BCUT2D eigenvalue weighted by Gasteiger charge is -2.13. The molecule has 0 aromatic heterocycles. The molecule has 5 heteroatoms. The van der Waals surface area contributed by atoms with Gasteiger partial charge in [-0.1, -0.05) is 0 Å². The minimum atomic E-state index is -0.382. The van der Waals surface area contributed by atoms with Gasteiger partial charge in [0, 0.05) is 5.56 Å². The molecule has 0 heterocycles. The lowest BCUT2D eigenvalue weighted by Crippen LogP contribution is -2.20. The molecule has 0 aliphatic heterocycles. The van der Waals surface area contributed by atoms with Gasteiger partial charge >= 0.3 is 5.97 Å². The molecule has 2 rings (SSSR count). The van der Waals surface area contributed by atoms with Crippen LogP contribution in [0.25, 0.3) is 0 Å². The van der Waals surface area contributed by atoms with Crippen molar-refractivity contribution in [3.8, 4) is 5.75 Å². The summed E-state index contributed by atoms with van der Waals surface area (Å²) >= 11 is 0. The molecule has 0 saturated heterocycles. The van der Waals surface area contributed by atoms with Gasteiger partial charge in [0.05, 0.1) is 5.69 Å². The fraction of sp³-hybridized carbons (Fsp3) is 0.467. The van der Waals surface area contributed by atoms with Crippen molar-refractivity contribution in [3.63, 3.8) is 0 Å². The number of nitrogens with two attached hydrogens (primary N) is 1. The molecule has 1 aromatic carbocycles. The number of anilines is 1. The maximum Gasteiger partial charge on any atom is 0.344 e. The Labute approximate surface area is 118 Å². The van der Waals surface area contributed by atoms with Gasteiger partial charge in [0.2, 0.25) is 0 Å². The quantitative estimate of drug-likeness (QED) is 0.507. The third kappa shape index (κ3) is 3.73. The summed E-state index contributed by atoms with van der Waals surface area (Å²) in [5.74, 6) is -0.0609. The summed E-state index contributed by atoms with van der Waals surface area (Å²) in [6, 6.07) is 4.76. The third-order valence-electron chi connectivity index (χ3n) is 3.36. The van der Waals surface area contributed by atoms with E-state index >= 15 is 0 Å². The maximum atomic E-state index is 11.6. The average Bonchev–Trinajstić information content (AvgIpc) is 2.90. The molecule has 0 bridgehead atoms. The fourth-order valence-electron chi connectivity index (χ4n) is 2.26. The van der Waals surface area contributed by atoms with Gasteiger partial charge in [0.1, 0.15) is 11.9 Å². The van der Waals surface area contributed by atoms with Gasteiger partial charge in [-0.2, -0.15) is 0 Å². The molecular weight excluding hydrogens is 258 g/mol. The molecule has 1 aliphatic rings. The molecule has 0 radical (unpaired) electrons. The van der Waals surface area contributed by atoms with Crippen molar-refractivity contribution in [2.45, 2.75) is 38.7 Å². The van der Waals surface area contributed by atoms with Crippen LogP contribution < -0.4 is 10.5 Å². The molecule has 1 fully saturated rings. The van der Waals surface area contributed by atoms with Crippen LogP contribution in [0, 0.1) is 0 Å². The van der Waals surface area contributed by atoms with Crippen molar-refractivity contribution < 1.29 is 19.1 Å². The van der Waals surface area contributed by atoms with E-state index in [2.05, 4.69) is 0 Å². The molecule has 0 atom stereocenters. The van der Waals surface area contributed by atoms with Crippen LogP contribution in [0.15, 0.2) is 18.2 Å². The summed E-state index contributed by atoms with van der Waals surface area (Å²) < 4.78 is 10.6. The third-order valence-corrected chi connectivity index (χ3v) is 3.36. The standard InChI is InChI=1S/C15H19NO4/c1-10(17)11-6-7-14(13(16)8-11)19-9-15(18)20-12-4-2-3-5-12/h6-8,12H,2-5,9,16H2,1H3. The minimum Gasteiger partial charge on any atom is -0.480 e. The van der Waals surface area contributed by atoms with E-state index < -0.39 is 0 Å². The number of esters is 1. The highest BCUT2D eigenvalue weighted by Gasteiger charge is 2.19. The number of hydrogen-bond donors (Lipinski definition) is 1. The monoisotopic (exact) mass is 277 g/mol. The molecule has 2 N–H and O–H groups in total. The van der Waals surface area contributed by atoms with Crippen LogP contribution in [0.1, 0.15) is 43.0 Å². The summed E-state index contributed by atoms with van der Waals surface area (Å²) in [7, 11) is 0. The van der Waals surface area contributed by atoms with Crippen molar-refractivity contribution in [2.24, 2.45) is 0 Å². The first-order chi connectivity index (χ1) is 9.56. The second-order valence-corrected chi connectivity index (χ2v) is 4.99. The van der Waals surface area contributed by atoms with Crippen molar-refractivity contribution in [2.75, 3.05) is 12.3 Å². The number of hydrogen-bond acceptors (Lipinski definition) is 5. The van der Waals surface area contributed by atoms with Crippen LogP contribution in [0.2, 0.25) is 0 Å². The Morgan fingerprint density at radius 3 is 2.60 bits per heavy atom. The summed E-state index contributed by atoms with van der Waals surface area (Å²) in [5, 5.41) is 0. The number of carbonyl (C=O) groups is 2. The molecule has 1 saturated carbocycles. The second kappa shape index (κ2) is 6.41. The largest absolute Gasteiger partial charge is 0.480 e. The summed E-state index contributed by atoms with van der Waals surface area (Å²) in [4.78, 5) is 22.8. The van der Waals surface area contributed by atoms with Crippen LogP contribution >= 0.6 is 0 Å². The number of nitrogen functional groups attached to an aromatic ring is 1. The van der Waals surface area contributed by atoms with E-state index in [-0.39, 0.29) is 24.5 Å². The van der Waals surface area contributed by atoms with E-state index in [0.717, 1.165) is 25.7 Å². The zero-order valence-corrected chi connectivity index (χ0v) is 11.6. The topological polar surface area (TPSA) is 78.6 Å². The molecule has 1 aromatic rings.